The number of rotatable bonds is 3. The Kier molecular flexibility index (Phi) is 3.94. The van der Waals surface area contributed by atoms with Gasteiger partial charge in [0.05, 0.1) is 11.1 Å². The van der Waals surface area contributed by atoms with Crippen LogP contribution in [0.4, 0.5) is 5.95 Å². The summed E-state index contributed by atoms with van der Waals surface area (Å²) >= 11 is 0. The summed E-state index contributed by atoms with van der Waals surface area (Å²) in [5.74, 6) is 0.633. The first-order valence-corrected chi connectivity index (χ1v) is 8.96. The van der Waals surface area contributed by atoms with Gasteiger partial charge in [-0.3, -0.25) is 15.1 Å². The van der Waals surface area contributed by atoms with Gasteiger partial charge in [-0.25, -0.2) is 9.97 Å². The Balaban J connectivity index is 1.82. The van der Waals surface area contributed by atoms with Crippen molar-refractivity contribution in [2.75, 3.05) is 5.32 Å². The van der Waals surface area contributed by atoms with Gasteiger partial charge in [-0.05, 0) is 64.3 Å². The Labute approximate surface area is 152 Å². The molecule has 0 atom stereocenters. The average molecular weight is 346 g/mol. The van der Waals surface area contributed by atoms with Crippen LogP contribution in [-0.2, 0) is 0 Å². The lowest BCUT2D eigenvalue weighted by Crippen LogP contribution is -2.16. The zero-order valence-corrected chi connectivity index (χ0v) is 15.6. The Hall–Kier alpha value is -2.82. The molecule has 0 bridgehead atoms. The van der Waals surface area contributed by atoms with Crippen molar-refractivity contribution in [3.05, 3.63) is 58.0 Å². The molecule has 0 aliphatic heterocycles. The molecule has 0 spiro atoms. The fourth-order valence-corrected chi connectivity index (χ4v) is 3.43. The molecule has 5 nitrogen and oxygen atoms in total. The summed E-state index contributed by atoms with van der Waals surface area (Å²) < 4.78 is 0. The van der Waals surface area contributed by atoms with Crippen molar-refractivity contribution in [3.8, 4) is 0 Å². The van der Waals surface area contributed by atoms with E-state index in [1.165, 1.54) is 0 Å². The molecule has 0 saturated heterocycles. The van der Waals surface area contributed by atoms with Crippen LogP contribution in [0.1, 0.15) is 57.3 Å². The Bertz CT molecular complexity index is 1020. The third kappa shape index (κ3) is 3.17. The maximum Gasteiger partial charge on any atom is 0.258 e. The number of benzene rings is 1. The average Bonchev–Trinajstić information content (AvgIpc) is 3.37. The Morgan fingerprint density at radius 2 is 1.65 bits per heavy atom. The SMILES string of the molecule is Cc1cc(C)c2nc(C3CC3)cc(C(=O)Nc3nc(C)cc(C)n3)c2c1. The van der Waals surface area contributed by atoms with Crippen LogP contribution in [0.3, 0.4) is 0 Å². The number of anilines is 1. The van der Waals surface area contributed by atoms with Crippen molar-refractivity contribution >= 4 is 22.8 Å². The van der Waals surface area contributed by atoms with Crippen LogP contribution in [0.25, 0.3) is 10.9 Å². The molecule has 1 N–H and O–H groups in total. The van der Waals surface area contributed by atoms with Gasteiger partial charge in [0, 0.05) is 28.4 Å². The van der Waals surface area contributed by atoms with Gasteiger partial charge in [0.15, 0.2) is 0 Å². The number of hydrogen-bond donors (Lipinski definition) is 1. The first-order valence-electron chi connectivity index (χ1n) is 8.96. The zero-order chi connectivity index (χ0) is 18.4. The number of fused-ring (bicyclic) bond motifs is 1. The summed E-state index contributed by atoms with van der Waals surface area (Å²) in [5.41, 5.74) is 6.44. The molecular weight excluding hydrogens is 324 g/mol. The second-order valence-electron chi connectivity index (χ2n) is 7.28. The number of nitrogens with zero attached hydrogens (tertiary/aromatic N) is 3. The summed E-state index contributed by atoms with van der Waals surface area (Å²) in [7, 11) is 0. The topological polar surface area (TPSA) is 67.8 Å². The van der Waals surface area contributed by atoms with Gasteiger partial charge in [0.2, 0.25) is 5.95 Å². The summed E-state index contributed by atoms with van der Waals surface area (Å²) in [4.78, 5) is 26.5. The lowest BCUT2D eigenvalue weighted by molar-refractivity contribution is 0.102. The number of aromatic nitrogens is 3. The van der Waals surface area contributed by atoms with Crippen LogP contribution in [-0.4, -0.2) is 20.9 Å². The molecule has 4 rings (SSSR count). The van der Waals surface area contributed by atoms with Crippen LogP contribution < -0.4 is 5.32 Å². The van der Waals surface area contributed by atoms with E-state index >= 15 is 0 Å². The van der Waals surface area contributed by atoms with Crippen molar-refractivity contribution in [1.29, 1.82) is 0 Å². The van der Waals surface area contributed by atoms with E-state index in [1.54, 1.807) is 0 Å². The second-order valence-corrected chi connectivity index (χ2v) is 7.28. The maximum absolute atomic E-state index is 13.0. The number of pyridine rings is 1. The van der Waals surface area contributed by atoms with E-state index in [0.717, 1.165) is 52.0 Å². The second kappa shape index (κ2) is 6.16. The van der Waals surface area contributed by atoms with Gasteiger partial charge in [-0.15, -0.1) is 0 Å². The standard InChI is InChI=1S/C21H22N4O/c1-11-7-12(2)19-16(8-11)17(10-18(24-19)15-5-6-15)20(26)25-21-22-13(3)9-14(4)23-21/h7-10,15H,5-6H2,1-4H3,(H,22,23,25,26). The molecule has 2 heterocycles. The molecule has 1 fully saturated rings. The highest BCUT2D eigenvalue weighted by molar-refractivity contribution is 6.12. The smallest absolute Gasteiger partial charge is 0.258 e. The quantitative estimate of drug-likeness (QED) is 0.764. The predicted octanol–water partition coefficient (Wildman–Crippen LogP) is 4.39. The highest BCUT2D eigenvalue weighted by atomic mass is 16.1. The van der Waals surface area contributed by atoms with Gasteiger partial charge in [0.25, 0.3) is 5.91 Å². The molecule has 0 radical (unpaired) electrons. The highest BCUT2D eigenvalue weighted by Crippen LogP contribution is 2.40. The van der Waals surface area contributed by atoms with Gasteiger partial charge in [-0.1, -0.05) is 11.6 Å². The summed E-state index contributed by atoms with van der Waals surface area (Å²) in [6, 6.07) is 7.97. The monoisotopic (exact) mass is 346 g/mol. The van der Waals surface area contributed by atoms with Crippen LogP contribution in [0.5, 0.6) is 0 Å². The molecule has 1 amide bonds. The first-order chi connectivity index (χ1) is 12.4. The molecule has 0 unspecified atom stereocenters. The van der Waals surface area contributed by atoms with E-state index in [4.69, 9.17) is 4.98 Å². The molecule has 132 valence electrons. The van der Waals surface area contributed by atoms with E-state index in [0.29, 0.717) is 17.4 Å². The molecule has 26 heavy (non-hydrogen) atoms. The number of amides is 1. The van der Waals surface area contributed by atoms with Crippen LogP contribution in [0.15, 0.2) is 24.3 Å². The largest absolute Gasteiger partial charge is 0.290 e. The highest BCUT2D eigenvalue weighted by Gasteiger charge is 2.27. The zero-order valence-electron chi connectivity index (χ0n) is 15.6. The van der Waals surface area contributed by atoms with Crippen molar-refractivity contribution < 1.29 is 4.79 Å². The van der Waals surface area contributed by atoms with Gasteiger partial charge in [-0.2, -0.15) is 0 Å². The third-order valence-electron chi connectivity index (χ3n) is 4.72. The predicted molar refractivity (Wildman–Crippen MR) is 103 cm³/mol. The lowest BCUT2D eigenvalue weighted by Gasteiger charge is -2.12. The normalized spacial score (nSPS) is 13.8. The minimum atomic E-state index is -0.186. The number of carbonyl (C=O) groups excluding carboxylic acids is 1. The van der Waals surface area contributed by atoms with Gasteiger partial charge >= 0.3 is 0 Å². The molecule has 1 aliphatic rings. The van der Waals surface area contributed by atoms with Gasteiger partial charge in [0.1, 0.15) is 0 Å². The maximum atomic E-state index is 13.0. The third-order valence-corrected chi connectivity index (χ3v) is 4.72. The number of carbonyl (C=O) groups is 1. The fourth-order valence-electron chi connectivity index (χ4n) is 3.43. The van der Waals surface area contributed by atoms with E-state index in [-0.39, 0.29) is 5.91 Å². The van der Waals surface area contributed by atoms with Crippen molar-refractivity contribution in [1.82, 2.24) is 15.0 Å². The van der Waals surface area contributed by atoms with E-state index < -0.39 is 0 Å². The molecule has 1 saturated carbocycles. The molecule has 3 aromatic rings. The number of nitrogens with one attached hydrogen (secondary N) is 1. The van der Waals surface area contributed by atoms with E-state index in [9.17, 15) is 4.79 Å². The van der Waals surface area contributed by atoms with Gasteiger partial charge < -0.3 is 0 Å². The minimum Gasteiger partial charge on any atom is -0.290 e. The minimum absolute atomic E-state index is 0.186. The van der Waals surface area contributed by atoms with Crippen LogP contribution in [0.2, 0.25) is 0 Å². The van der Waals surface area contributed by atoms with Crippen molar-refractivity contribution in [3.63, 3.8) is 0 Å². The number of aryl methyl sites for hydroxylation is 4. The summed E-state index contributed by atoms with van der Waals surface area (Å²) in [6.07, 6.45) is 2.29. The molecule has 5 heteroatoms. The molecule has 1 aromatic carbocycles. The Morgan fingerprint density at radius 3 is 2.31 bits per heavy atom. The first kappa shape index (κ1) is 16.6. The van der Waals surface area contributed by atoms with E-state index in [1.807, 2.05) is 45.9 Å². The number of hydrogen-bond acceptors (Lipinski definition) is 4. The molecule has 1 aliphatic carbocycles. The summed E-state index contributed by atoms with van der Waals surface area (Å²) in [6.45, 7) is 7.87. The fraction of sp³-hybridized carbons (Fsp3) is 0.333. The lowest BCUT2D eigenvalue weighted by atomic mass is 10.0. The van der Waals surface area contributed by atoms with Crippen LogP contribution >= 0.6 is 0 Å². The van der Waals surface area contributed by atoms with Crippen molar-refractivity contribution in [2.24, 2.45) is 0 Å². The van der Waals surface area contributed by atoms with Crippen molar-refractivity contribution in [2.45, 2.75) is 46.5 Å². The summed E-state index contributed by atoms with van der Waals surface area (Å²) in [5, 5.41) is 3.75. The van der Waals surface area contributed by atoms with Crippen LogP contribution in [0, 0.1) is 27.7 Å². The molecular formula is C21H22N4O. The van der Waals surface area contributed by atoms with E-state index in [2.05, 4.69) is 21.4 Å². The Morgan fingerprint density at radius 1 is 0.962 bits per heavy atom. The molecule has 2 aromatic heterocycles.